The fourth-order valence-corrected chi connectivity index (χ4v) is 1.36. The molecule has 0 aliphatic rings. The Balaban J connectivity index is 2.69. The predicted octanol–water partition coefficient (Wildman–Crippen LogP) is 2.04. The Morgan fingerprint density at radius 1 is 1.67 bits per heavy atom. The number of hydrogen-bond donors (Lipinski definition) is 0. The zero-order chi connectivity index (χ0) is 6.69. The van der Waals surface area contributed by atoms with Gasteiger partial charge in [-0.15, -0.1) is 0 Å². The summed E-state index contributed by atoms with van der Waals surface area (Å²) in [6.07, 6.45) is 3.71. The van der Waals surface area contributed by atoms with E-state index in [0.717, 1.165) is 16.6 Å². The maximum absolute atomic E-state index is 3.99. The summed E-state index contributed by atoms with van der Waals surface area (Å²) < 4.78 is 2.91. The van der Waals surface area contributed by atoms with Crippen molar-refractivity contribution in [3.8, 4) is 0 Å². The molecule has 1 heterocycles. The highest BCUT2D eigenvalue weighted by molar-refractivity contribution is 9.10. The van der Waals surface area contributed by atoms with Crippen molar-refractivity contribution in [3.63, 3.8) is 0 Å². The van der Waals surface area contributed by atoms with Gasteiger partial charge in [0.1, 0.15) is 0 Å². The average molecular weight is 254 g/mol. The number of imidazole rings is 1. The Kier molecular flexibility index (Phi) is 2.72. The maximum Gasteiger partial charge on any atom is 0.177 e. The Labute approximate surface area is 70.5 Å². The fourth-order valence-electron chi connectivity index (χ4n) is 0.569. The van der Waals surface area contributed by atoms with Gasteiger partial charge in [-0.05, 0) is 15.9 Å². The number of rotatable bonds is 2. The topological polar surface area (TPSA) is 17.8 Å². The zero-order valence-corrected chi connectivity index (χ0v) is 7.89. The Hall–Kier alpha value is 0.170. The Morgan fingerprint density at radius 3 is 2.89 bits per heavy atom. The van der Waals surface area contributed by atoms with Crippen molar-refractivity contribution in [2.24, 2.45) is 0 Å². The van der Waals surface area contributed by atoms with Gasteiger partial charge in [-0.25, -0.2) is 4.98 Å². The van der Waals surface area contributed by atoms with E-state index in [1.54, 1.807) is 6.20 Å². The maximum atomic E-state index is 3.99. The fraction of sp³-hybridized carbons (Fsp3) is 0.400. The smallest absolute Gasteiger partial charge is 0.177 e. The van der Waals surface area contributed by atoms with Crippen LogP contribution in [-0.2, 0) is 6.54 Å². The SMILES string of the molecule is BrCCn1ccnc1Br. The average Bonchev–Trinajstić information content (AvgIpc) is 2.18. The summed E-state index contributed by atoms with van der Waals surface area (Å²) in [5, 5.41) is 0.960. The van der Waals surface area contributed by atoms with Gasteiger partial charge in [0, 0.05) is 24.3 Å². The third kappa shape index (κ3) is 1.79. The predicted molar refractivity (Wildman–Crippen MR) is 43.7 cm³/mol. The Bertz CT molecular complexity index is 185. The first-order chi connectivity index (χ1) is 4.34. The first-order valence-electron chi connectivity index (χ1n) is 2.57. The highest BCUT2D eigenvalue weighted by Gasteiger charge is 1.93. The molecule has 1 rings (SSSR count). The number of halogens is 2. The van der Waals surface area contributed by atoms with Crippen LogP contribution in [-0.4, -0.2) is 14.9 Å². The molecule has 0 bridgehead atoms. The van der Waals surface area contributed by atoms with Crippen molar-refractivity contribution < 1.29 is 0 Å². The summed E-state index contributed by atoms with van der Waals surface area (Å²) in [5.74, 6) is 0. The normalized spacial score (nSPS) is 10.0. The summed E-state index contributed by atoms with van der Waals surface area (Å²) in [6, 6.07) is 0. The third-order valence-corrected chi connectivity index (χ3v) is 2.01. The van der Waals surface area contributed by atoms with Crippen molar-refractivity contribution in [2.75, 3.05) is 5.33 Å². The molecule has 0 atom stereocenters. The summed E-state index contributed by atoms with van der Waals surface area (Å²) in [7, 11) is 0. The molecule has 0 aliphatic carbocycles. The van der Waals surface area contributed by atoms with Crippen LogP contribution in [0, 0.1) is 0 Å². The molecule has 2 nitrogen and oxygen atoms in total. The van der Waals surface area contributed by atoms with Crippen LogP contribution in [0.25, 0.3) is 0 Å². The van der Waals surface area contributed by atoms with Gasteiger partial charge in [0.25, 0.3) is 0 Å². The van der Waals surface area contributed by atoms with Gasteiger partial charge in [0.15, 0.2) is 4.73 Å². The molecule has 9 heavy (non-hydrogen) atoms. The lowest BCUT2D eigenvalue weighted by atomic mass is 10.7. The third-order valence-electron chi connectivity index (χ3n) is 0.990. The molecule has 0 N–H and O–H groups in total. The van der Waals surface area contributed by atoms with Crippen LogP contribution in [0.15, 0.2) is 17.1 Å². The highest BCUT2D eigenvalue weighted by atomic mass is 79.9. The van der Waals surface area contributed by atoms with Crippen molar-refractivity contribution in [3.05, 3.63) is 17.1 Å². The summed E-state index contributed by atoms with van der Waals surface area (Å²) in [4.78, 5) is 3.99. The van der Waals surface area contributed by atoms with E-state index in [0.29, 0.717) is 0 Å². The van der Waals surface area contributed by atoms with Crippen molar-refractivity contribution in [1.82, 2.24) is 9.55 Å². The zero-order valence-electron chi connectivity index (χ0n) is 4.72. The molecule has 0 saturated carbocycles. The number of aromatic nitrogens is 2. The lowest BCUT2D eigenvalue weighted by Crippen LogP contribution is -1.96. The molecule has 0 aromatic carbocycles. The second-order valence-corrected chi connectivity index (χ2v) is 3.08. The van der Waals surface area contributed by atoms with E-state index >= 15 is 0 Å². The minimum atomic E-state index is 0.891. The molecule has 50 valence electrons. The van der Waals surface area contributed by atoms with Gasteiger partial charge in [0.2, 0.25) is 0 Å². The van der Waals surface area contributed by atoms with Crippen molar-refractivity contribution in [1.29, 1.82) is 0 Å². The van der Waals surface area contributed by atoms with Gasteiger partial charge in [-0.2, -0.15) is 0 Å². The molecule has 0 saturated heterocycles. The van der Waals surface area contributed by atoms with Gasteiger partial charge < -0.3 is 4.57 Å². The van der Waals surface area contributed by atoms with E-state index in [2.05, 4.69) is 36.8 Å². The lowest BCUT2D eigenvalue weighted by Gasteiger charge is -1.96. The summed E-state index contributed by atoms with van der Waals surface area (Å²) >= 11 is 6.63. The minimum absolute atomic E-state index is 0.891. The van der Waals surface area contributed by atoms with E-state index < -0.39 is 0 Å². The first-order valence-corrected chi connectivity index (χ1v) is 4.48. The standard InChI is InChI=1S/C5H6Br2N2/c6-1-3-9-4-2-8-5(9)7/h2,4H,1,3H2. The molecule has 0 spiro atoms. The molecule has 0 aliphatic heterocycles. The lowest BCUT2D eigenvalue weighted by molar-refractivity contribution is 0.753. The number of hydrogen-bond acceptors (Lipinski definition) is 1. The van der Waals surface area contributed by atoms with Gasteiger partial charge in [-0.3, -0.25) is 0 Å². The first kappa shape index (κ1) is 7.28. The van der Waals surface area contributed by atoms with Gasteiger partial charge >= 0.3 is 0 Å². The van der Waals surface area contributed by atoms with Crippen LogP contribution in [0.3, 0.4) is 0 Å². The van der Waals surface area contributed by atoms with Crippen molar-refractivity contribution in [2.45, 2.75) is 6.54 Å². The van der Waals surface area contributed by atoms with Crippen LogP contribution >= 0.6 is 31.9 Å². The molecule has 0 unspecified atom stereocenters. The van der Waals surface area contributed by atoms with Crippen LogP contribution in [0.2, 0.25) is 0 Å². The molecule has 0 fully saturated rings. The van der Waals surface area contributed by atoms with Crippen LogP contribution in [0.4, 0.5) is 0 Å². The quantitative estimate of drug-likeness (QED) is 0.738. The monoisotopic (exact) mass is 252 g/mol. The molecule has 4 heteroatoms. The molecule has 1 aromatic heterocycles. The van der Waals surface area contributed by atoms with E-state index in [9.17, 15) is 0 Å². The number of alkyl halides is 1. The summed E-state index contributed by atoms with van der Waals surface area (Å²) in [6.45, 7) is 0.959. The second kappa shape index (κ2) is 3.37. The van der Waals surface area contributed by atoms with E-state index in [1.165, 1.54) is 0 Å². The van der Waals surface area contributed by atoms with E-state index in [4.69, 9.17) is 0 Å². The number of nitrogens with zero attached hydrogens (tertiary/aromatic N) is 2. The molecule has 0 amide bonds. The largest absolute Gasteiger partial charge is 0.325 e. The van der Waals surface area contributed by atoms with Crippen molar-refractivity contribution >= 4 is 31.9 Å². The van der Waals surface area contributed by atoms with Crippen LogP contribution < -0.4 is 0 Å². The van der Waals surface area contributed by atoms with Gasteiger partial charge in [-0.1, -0.05) is 15.9 Å². The Morgan fingerprint density at radius 2 is 2.44 bits per heavy atom. The molecular formula is C5H6Br2N2. The number of aryl methyl sites for hydroxylation is 1. The molecule has 1 aromatic rings. The molecular weight excluding hydrogens is 248 g/mol. The van der Waals surface area contributed by atoms with E-state index in [-0.39, 0.29) is 0 Å². The second-order valence-electron chi connectivity index (χ2n) is 1.58. The highest BCUT2D eigenvalue weighted by Crippen LogP contribution is 2.05. The molecule has 0 radical (unpaired) electrons. The summed E-state index contributed by atoms with van der Waals surface area (Å²) in [5.41, 5.74) is 0. The van der Waals surface area contributed by atoms with Gasteiger partial charge in [0.05, 0.1) is 0 Å². The van der Waals surface area contributed by atoms with E-state index in [1.807, 2.05) is 10.8 Å². The van der Waals surface area contributed by atoms with Crippen LogP contribution in [0.5, 0.6) is 0 Å². The van der Waals surface area contributed by atoms with Crippen LogP contribution in [0.1, 0.15) is 0 Å². The minimum Gasteiger partial charge on any atom is -0.325 e.